The number of aldehydes is 1. The van der Waals surface area contributed by atoms with E-state index in [-0.39, 0.29) is 6.04 Å². The van der Waals surface area contributed by atoms with Crippen molar-refractivity contribution in [1.82, 2.24) is 9.55 Å². The molecule has 0 fully saturated rings. The first-order chi connectivity index (χ1) is 8.40. The largest absolute Gasteiger partial charge is 0.323 e. The molecule has 1 atom stereocenters. The number of hydrogen-bond donors (Lipinski definition) is 0. The predicted molar refractivity (Wildman–Crippen MR) is 64.9 cm³/mol. The lowest BCUT2D eigenvalue weighted by atomic mass is 9.98. The molecule has 0 amide bonds. The van der Waals surface area contributed by atoms with Gasteiger partial charge in [-0.05, 0) is 36.0 Å². The third kappa shape index (κ3) is 1.68. The standard InChI is InChI=1S/C14H14N2O/c17-9-14(16-8-7-15-10-16)13-6-2-4-11-3-1-5-12(11)13/h2,4,6-10,14H,1,3,5H2. The van der Waals surface area contributed by atoms with Crippen molar-refractivity contribution < 1.29 is 4.79 Å². The number of aromatic nitrogens is 2. The lowest BCUT2D eigenvalue weighted by molar-refractivity contribution is -0.109. The molecule has 1 aromatic heterocycles. The minimum atomic E-state index is -0.231. The van der Waals surface area contributed by atoms with Crippen molar-refractivity contribution in [3.8, 4) is 0 Å². The summed E-state index contributed by atoms with van der Waals surface area (Å²) in [4.78, 5) is 15.4. The summed E-state index contributed by atoms with van der Waals surface area (Å²) in [6.45, 7) is 0. The smallest absolute Gasteiger partial charge is 0.147 e. The van der Waals surface area contributed by atoms with E-state index in [4.69, 9.17) is 0 Å². The maximum Gasteiger partial charge on any atom is 0.147 e. The quantitative estimate of drug-likeness (QED) is 0.752. The summed E-state index contributed by atoms with van der Waals surface area (Å²) in [6, 6.07) is 6.04. The van der Waals surface area contributed by atoms with Crippen molar-refractivity contribution in [3.63, 3.8) is 0 Å². The summed E-state index contributed by atoms with van der Waals surface area (Å²) >= 11 is 0. The van der Waals surface area contributed by atoms with Crippen molar-refractivity contribution in [1.29, 1.82) is 0 Å². The van der Waals surface area contributed by atoms with Crippen LogP contribution in [0.5, 0.6) is 0 Å². The van der Waals surface area contributed by atoms with E-state index in [0.29, 0.717) is 0 Å². The number of carbonyl (C=O) groups is 1. The third-order valence-electron chi connectivity index (χ3n) is 3.48. The van der Waals surface area contributed by atoms with Crippen molar-refractivity contribution in [3.05, 3.63) is 53.6 Å². The molecule has 0 aliphatic heterocycles. The fourth-order valence-corrected chi connectivity index (χ4v) is 2.66. The molecule has 0 saturated carbocycles. The van der Waals surface area contributed by atoms with Gasteiger partial charge < -0.3 is 9.36 Å². The van der Waals surface area contributed by atoms with Gasteiger partial charge in [0.15, 0.2) is 0 Å². The Morgan fingerprint density at radius 3 is 3.06 bits per heavy atom. The number of imidazole rings is 1. The zero-order chi connectivity index (χ0) is 11.7. The van der Waals surface area contributed by atoms with Crippen LogP contribution in [0, 0.1) is 0 Å². The van der Waals surface area contributed by atoms with Crippen LogP contribution < -0.4 is 0 Å². The van der Waals surface area contributed by atoms with Gasteiger partial charge in [0.05, 0.1) is 6.33 Å². The van der Waals surface area contributed by atoms with Crippen LogP contribution in [0.4, 0.5) is 0 Å². The molecule has 3 nitrogen and oxygen atoms in total. The zero-order valence-electron chi connectivity index (χ0n) is 9.54. The molecule has 0 saturated heterocycles. The Hall–Kier alpha value is -1.90. The Bertz CT molecular complexity index is 531. The average Bonchev–Trinajstić information content (AvgIpc) is 3.00. The lowest BCUT2D eigenvalue weighted by Crippen LogP contribution is -2.12. The second-order valence-electron chi connectivity index (χ2n) is 4.43. The fraction of sp³-hybridized carbons (Fsp3) is 0.286. The Morgan fingerprint density at radius 1 is 1.35 bits per heavy atom. The molecule has 3 heteroatoms. The highest BCUT2D eigenvalue weighted by atomic mass is 16.1. The minimum Gasteiger partial charge on any atom is -0.323 e. The van der Waals surface area contributed by atoms with Gasteiger partial charge in [-0.1, -0.05) is 18.2 Å². The van der Waals surface area contributed by atoms with E-state index < -0.39 is 0 Å². The van der Waals surface area contributed by atoms with Gasteiger partial charge in [-0.15, -0.1) is 0 Å². The normalized spacial score (nSPS) is 15.5. The second kappa shape index (κ2) is 4.17. The van der Waals surface area contributed by atoms with E-state index in [1.165, 1.54) is 17.5 Å². The number of nitrogens with zero attached hydrogens (tertiary/aromatic N) is 2. The van der Waals surface area contributed by atoms with Crippen molar-refractivity contribution >= 4 is 6.29 Å². The van der Waals surface area contributed by atoms with Gasteiger partial charge in [0.1, 0.15) is 12.3 Å². The summed E-state index contributed by atoms with van der Waals surface area (Å²) < 4.78 is 1.86. The van der Waals surface area contributed by atoms with E-state index in [0.717, 1.165) is 24.7 Å². The Morgan fingerprint density at radius 2 is 2.29 bits per heavy atom. The Balaban J connectivity index is 2.09. The zero-order valence-corrected chi connectivity index (χ0v) is 9.54. The first kappa shape index (κ1) is 10.3. The molecule has 1 aliphatic carbocycles. The second-order valence-corrected chi connectivity index (χ2v) is 4.43. The molecule has 0 N–H and O–H groups in total. The third-order valence-corrected chi connectivity index (χ3v) is 3.48. The highest BCUT2D eigenvalue weighted by Gasteiger charge is 2.20. The maximum atomic E-state index is 11.4. The highest BCUT2D eigenvalue weighted by molar-refractivity contribution is 5.64. The van der Waals surface area contributed by atoms with Crippen LogP contribution in [0.25, 0.3) is 0 Å². The monoisotopic (exact) mass is 226 g/mol. The predicted octanol–water partition coefficient (Wildman–Crippen LogP) is 2.16. The van der Waals surface area contributed by atoms with Crippen LogP contribution in [0.3, 0.4) is 0 Å². The van der Waals surface area contributed by atoms with Crippen molar-refractivity contribution in [2.24, 2.45) is 0 Å². The van der Waals surface area contributed by atoms with Crippen LogP contribution in [-0.2, 0) is 17.6 Å². The van der Waals surface area contributed by atoms with Crippen molar-refractivity contribution in [2.45, 2.75) is 25.3 Å². The Labute approximate surface area is 100 Å². The number of rotatable bonds is 3. The molecule has 17 heavy (non-hydrogen) atoms. The van der Waals surface area contributed by atoms with Crippen LogP contribution in [0.1, 0.15) is 29.2 Å². The molecule has 1 unspecified atom stereocenters. The van der Waals surface area contributed by atoms with E-state index in [1.54, 1.807) is 12.5 Å². The first-order valence-corrected chi connectivity index (χ1v) is 5.93. The molecule has 1 heterocycles. The van der Waals surface area contributed by atoms with Gasteiger partial charge in [0, 0.05) is 12.4 Å². The molecule has 3 rings (SSSR count). The lowest BCUT2D eigenvalue weighted by Gasteiger charge is -2.16. The topological polar surface area (TPSA) is 34.9 Å². The van der Waals surface area contributed by atoms with Gasteiger partial charge in [0.25, 0.3) is 0 Å². The van der Waals surface area contributed by atoms with E-state index >= 15 is 0 Å². The van der Waals surface area contributed by atoms with Gasteiger partial charge in [-0.2, -0.15) is 0 Å². The molecule has 1 aliphatic rings. The SMILES string of the molecule is O=CC(c1cccc2c1CCC2)n1ccnc1. The molecular formula is C14H14N2O. The van der Waals surface area contributed by atoms with Crippen LogP contribution >= 0.6 is 0 Å². The summed E-state index contributed by atoms with van der Waals surface area (Å²) in [5, 5.41) is 0. The number of fused-ring (bicyclic) bond motifs is 1. The van der Waals surface area contributed by atoms with Crippen LogP contribution in [0.15, 0.2) is 36.9 Å². The number of benzene rings is 1. The summed E-state index contributed by atoms with van der Waals surface area (Å²) in [7, 11) is 0. The van der Waals surface area contributed by atoms with Gasteiger partial charge >= 0.3 is 0 Å². The molecule has 0 spiro atoms. The maximum absolute atomic E-state index is 11.4. The van der Waals surface area contributed by atoms with Crippen LogP contribution in [0.2, 0.25) is 0 Å². The van der Waals surface area contributed by atoms with E-state index in [9.17, 15) is 4.79 Å². The molecule has 0 bridgehead atoms. The van der Waals surface area contributed by atoms with E-state index in [2.05, 4.69) is 17.1 Å². The first-order valence-electron chi connectivity index (χ1n) is 5.93. The van der Waals surface area contributed by atoms with Crippen LogP contribution in [-0.4, -0.2) is 15.8 Å². The minimum absolute atomic E-state index is 0.231. The molecular weight excluding hydrogens is 212 g/mol. The van der Waals surface area contributed by atoms with E-state index in [1.807, 2.05) is 16.8 Å². The number of carbonyl (C=O) groups excluding carboxylic acids is 1. The van der Waals surface area contributed by atoms with Gasteiger partial charge in [0.2, 0.25) is 0 Å². The van der Waals surface area contributed by atoms with Crippen molar-refractivity contribution in [2.75, 3.05) is 0 Å². The molecule has 86 valence electrons. The fourth-order valence-electron chi connectivity index (χ4n) is 2.66. The molecule has 2 aromatic rings. The number of aryl methyl sites for hydroxylation is 1. The Kier molecular flexibility index (Phi) is 2.52. The summed E-state index contributed by atoms with van der Waals surface area (Å²) in [5.74, 6) is 0. The summed E-state index contributed by atoms with van der Waals surface area (Å²) in [5.41, 5.74) is 3.89. The van der Waals surface area contributed by atoms with Gasteiger partial charge in [-0.25, -0.2) is 4.98 Å². The molecule has 1 aromatic carbocycles. The summed E-state index contributed by atoms with van der Waals surface area (Å²) in [6.07, 6.45) is 9.67. The highest BCUT2D eigenvalue weighted by Crippen LogP contribution is 2.29. The molecule has 0 radical (unpaired) electrons. The number of hydrogen-bond acceptors (Lipinski definition) is 2. The van der Waals surface area contributed by atoms with Gasteiger partial charge in [-0.3, -0.25) is 0 Å². The average molecular weight is 226 g/mol.